The summed E-state index contributed by atoms with van der Waals surface area (Å²) in [5.74, 6) is 1.96. The van der Waals surface area contributed by atoms with Crippen LogP contribution in [0.15, 0.2) is 156 Å². The Hall–Kier alpha value is -6.13. The predicted octanol–water partition coefficient (Wildman–Crippen LogP) is 10.7. The molecule has 4 heteroatoms. The largest absolute Gasteiger partial charge is 0.456 e. The van der Waals surface area contributed by atoms with Crippen LogP contribution in [-0.2, 0) is 0 Å². The highest BCUT2D eigenvalue weighted by Crippen LogP contribution is 2.38. The van der Waals surface area contributed by atoms with Gasteiger partial charge in [-0.1, -0.05) is 127 Å². The maximum Gasteiger partial charge on any atom is 0.164 e. The van der Waals surface area contributed by atoms with Gasteiger partial charge in [0.15, 0.2) is 17.5 Å². The molecule has 9 rings (SSSR count). The zero-order valence-corrected chi connectivity index (χ0v) is 24.2. The minimum atomic E-state index is 0.654. The van der Waals surface area contributed by atoms with Crippen molar-refractivity contribution in [2.24, 2.45) is 0 Å². The molecule has 210 valence electrons. The van der Waals surface area contributed by atoms with E-state index in [9.17, 15) is 0 Å². The summed E-state index contributed by atoms with van der Waals surface area (Å²) in [6, 6.07) is 52.3. The highest BCUT2D eigenvalue weighted by Gasteiger charge is 2.15. The third-order valence-corrected chi connectivity index (χ3v) is 8.51. The molecule has 0 aliphatic carbocycles. The fourth-order valence-electron chi connectivity index (χ4n) is 6.31. The van der Waals surface area contributed by atoms with Crippen molar-refractivity contribution in [2.75, 3.05) is 0 Å². The minimum absolute atomic E-state index is 0.654. The van der Waals surface area contributed by atoms with Gasteiger partial charge in [-0.05, 0) is 56.9 Å². The predicted molar refractivity (Wildman–Crippen MR) is 184 cm³/mol. The normalized spacial score (nSPS) is 11.6. The van der Waals surface area contributed by atoms with E-state index in [1.165, 1.54) is 10.8 Å². The molecular weight excluding hydrogens is 550 g/mol. The number of hydrogen-bond acceptors (Lipinski definition) is 4. The van der Waals surface area contributed by atoms with E-state index in [4.69, 9.17) is 19.4 Å². The number of nitrogens with zero attached hydrogens (tertiary/aromatic N) is 3. The number of fused-ring (bicyclic) bond motifs is 6. The average molecular weight is 576 g/mol. The fraction of sp³-hybridized carbons (Fsp3) is 0. The monoisotopic (exact) mass is 575 g/mol. The van der Waals surface area contributed by atoms with Crippen molar-refractivity contribution in [3.8, 4) is 45.3 Å². The second kappa shape index (κ2) is 10.2. The second-order valence-electron chi connectivity index (χ2n) is 11.3. The van der Waals surface area contributed by atoms with Crippen LogP contribution in [0.1, 0.15) is 0 Å². The molecule has 0 unspecified atom stereocenters. The van der Waals surface area contributed by atoms with Crippen molar-refractivity contribution in [3.63, 3.8) is 0 Å². The van der Waals surface area contributed by atoms with Gasteiger partial charge >= 0.3 is 0 Å². The molecule has 0 N–H and O–H groups in total. The lowest BCUT2D eigenvalue weighted by atomic mass is 9.95. The van der Waals surface area contributed by atoms with Crippen LogP contribution in [0.25, 0.3) is 88.8 Å². The Bertz CT molecular complexity index is 2480. The van der Waals surface area contributed by atoms with Gasteiger partial charge in [0.25, 0.3) is 0 Å². The molecule has 2 heterocycles. The Morgan fingerprint density at radius 2 is 1.00 bits per heavy atom. The zero-order valence-electron chi connectivity index (χ0n) is 24.2. The number of rotatable bonds is 4. The number of hydrogen-bond donors (Lipinski definition) is 0. The Balaban J connectivity index is 1.19. The fourth-order valence-corrected chi connectivity index (χ4v) is 6.31. The maximum absolute atomic E-state index is 6.18. The summed E-state index contributed by atoms with van der Waals surface area (Å²) in [5.41, 5.74) is 7.01. The summed E-state index contributed by atoms with van der Waals surface area (Å²) < 4.78 is 6.18. The summed E-state index contributed by atoms with van der Waals surface area (Å²) in [4.78, 5) is 14.8. The first-order valence-corrected chi connectivity index (χ1v) is 15.0. The number of furan rings is 1. The first-order chi connectivity index (χ1) is 22.3. The van der Waals surface area contributed by atoms with E-state index in [1.54, 1.807) is 0 Å². The van der Waals surface area contributed by atoms with Gasteiger partial charge in [-0.15, -0.1) is 0 Å². The first-order valence-electron chi connectivity index (χ1n) is 15.0. The van der Waals surface area contributed by atoms with Crippen LogP contribution in [0.2, 0.25) is 0 Å². The van der Waals surface area contributed by atoms with Gasteiger partial charge in [0.1, 0.15) is 11.2 Å². The quantitative estimate of drug-likeness (QED) is 0.209. The molecule has 0 bridgehead atoms. The standard InChI is InChI=1S/C41H25N3O/c1-3-10-27(11-4-1)39-42-40(28-12-5-2-6-13-28)44-41(43-39)33-16-9-14-31-24-29(20-22-32(31)33)30-19-18-26-21-23-37-38(35(26)25-30)34-15-7-8-17-36(34)45-37/h1-25H. The summed E-state index contributed by atoms with van der Waals surface area (Å²) >= 11 is 0. The van der Waals surface area contributed by atoms with Crippen LogP contribution in [0.4, 0.5) is 0 Å². The SMILES string of the molecule is c1ccc(-c2nc(-c3ccccc3)nc(-c3cccc4cc(-c5ccc6ccc7oc8ccccc8c7c6c5)ccc34)n2)cc1. The van der Waals surface area contributed by atoms with Crippen molar-refractivity contribution in [1.29, 1.82) is 0 Å². The van der Waals surface area contributed by atoms with Crippen molar-refractivity contribution >= 4 is 43.5 Å². The number of benzene rings is 7. The molecule has 0 saturated carbocycles. The third-order valence-electron chi connectivity index (χ3n) is 8.51. The van der Waals surface area contributed by atoms with E-state index in [0.717, 1.165) is 60.5 Å². The first kappa shape index (κ1) is 25.4. The Morgan fingerprint density at radius 1 is 0.356 bits per heavy atom. The van der Waals surface area contributed by atoms with Crippen LogP contribution in [-0.4, -0.2) is 15.0 Å². The van der Waals surface area contributed by atoms with Gasteiger partial charge in [-0.25, -0.2) is 15.0 Å². The Labute approximate surface area is 259 Å². The van der Waals surface area contributed by atoms with E-state index in [2.05, 4.69) is 78.9 Å². The molecule has 0 aliphatic rings. The van der Waals surface area contributed by atoms with Crippen molar-refractivity contribution < 1.29 is 4.42 Å². The molecule has 7 aromatic carbocycles. The molecule has 0 saturated heterocycles. The van der Waals surface area contributed by atoms with Gasteiger partial charge < -0.3 is 4.42 Å². The van der Waals surface area contributed by atoms with E-state index in [-0.39, 0.29) is 0 Å². The average Bonchev–Trinajstić information content (AvgIpc) is 3.51. The maximum atomic E-state index is 6.18. The van der Waals surface area contributed by atoms with Crippen LogP contribution in [0.3, 0.4) is 0 Å². The van der Waals surface area contributed by atoms with E-state index in [0.29, 0.717) is 17.5 Å². The molecule has 45 heavy (non-hydrogen) atoms. The van der Waals surface area contributed by atoms with Crippen LogP contribution in [0, 0.1) is 0 Å². The summed E-state index contributed by atoms with van der Waals surface area (Å²) in [5, 5.41) is 6.90. The lowest BCUT2D eigenvalue weighted by Crippen LogP contribution is -2.00. The molecule has 0 fully saturated rings. The molecule has 0 aliphatic heterocycles. The topological polar surface area (TPSA) is 51.8 Å². The second-order valence-corrected chi connectivity index (χ2v) is 11.3. The van der Waals surface area contributed by atoms with Gasteiger partial charge in [0, 0.05) is 27.5 Å². The van der Waals surface area contributed by atoms with Gasteiger partial charge in [0.05, 0.1) is 0 Å². The highest BCUT2D eigenvalue weighted by molar-refractivity contribution is 6.19. The highest BCUT2D eigenvalue weighted by atomic mass is 16.3. The Morgan fingerprint density at radius 3 is 1.78 bits per heavy atom. The third kappa shape index (κ3) is 4.35. The molecule has 0 amide bonds. The molecule has 0 radical (unpaired) electrons. The lowest BCUT2D eigenvalue weighted by molar-refractivity contribution is 0.669. The van der Waals surface area contributed by atoms with Crippen LogP contribution in [0.5, 0.6) is 0 Å². The van der Waals surface area contributed by atoms with Gasteiger partial charge in [-0.2, -0.15) is 0 Å². The summed E-state index contributed by atoms with van der Waals surface area (Å²) in [6.07, 6.45) is 0. The van der Waals surface area contributed by atoms with Crippen molar-refractivity contribution in [1.82, 2.24) is 15.0 Å². The number of aromatic nitrogens is 3. The molecule has 9 aromatic rings. The van der Waals surface area contributed by atoms with E-state index < -0.39 is 0 Å². The summed E-state index contributed by atoms with van der Waals surface area (Å²) in [7, 11) is 0. The van der Waals surface area contributed by atoms with Crippen LogP contribution >= 0.6 is 0 Å². The van der Waals surface area contributed by atoms with Gasteiger partial charge in [-0.3, -0.25) is 0 Å². The van der Waals surface area contributed by atoms with E-state index in [1.807, 2.05) is 72.8 Å². The van der Waals surface area contributed by atoms with E-state index >= 15 is 0 Å². The zero-order chi connectivity index (χ0) is 29.7. The smallest absolute Gasteiger partial charge is 0.164 e. The van der Waals surface area contributed by atoms with Crippen LogP contribution < -0.4 is 0 Å². The Kier molecular flexibility index (Phi) is 5.78. The molecule has 2 aromatic heterocycles. The van der Waals surface area contributed by atoms with Crippen molar-refractivity contribution in [3.05, 3.63) is 152 Å². The van der Waals surface area contributed by atoms with Crippen molar-refractivity contribution in [2.45, 2.75) is 0 Å². The number of para-hydroxylation sites is 1. The summed E-state index contributed by atoms with van der Waals surface area (Å²) in [6.45, 7) is 0. The molecule has 4 nitrogen and oxygen atoms in total. The lowest BCUT2D eigenvalue weighted by Gasteiger charge is -2.11. The minimum Gasteiger partial charge on any atom is -0.456 e. The molecule has 0 spiro atoms. The molecular formula is C41H25N3O. The molecule has 0 atom stereocenters. The van der Waals surface area contributed by atoms with Gasteiger partial charge in [0.2, 0.25) is 0 Å².